The van der Waals surface area contributed by atoms with Crippen molar-refractivity contribution in [2.75, 3.05) is 13.2 Å². The Hall–Kier alpha value is -1.16. The molecule has 1 aliphatic heterocycles. The highest BCUT2D eigenvalue weighted by Crippen LogP contribution is 2.24. The number of rotatable bonds is 1. The van der Waals surface area contributed by atoms with Crippen LogP contribution in [0.1, 0.15) is 43.5 Å². The molecule has 1 saturated heterocycles. The van der Waals surface area contributed by atoms with Gasteiger partial charge >= 0.3 is 0 Å². The fourth-order valence-corrected chi connectivity index (χ4v) is 2.98. The number of hydrogen-bond donors (Lipinski definition) is 0. The minimum Gasteiger partial charge on any atom is -0.381 e. The molecular weight excluding hydrogens is 228 g/mol. The third kappa shape index (κ3) is 2.21. The van der Waals surface area contributed by atoms with E-state index in [-0.39, 0.29) is 11.6 Å². The number of aryl methyl sites for hydroxylation is 1. The fraction of sp³-hybridized carbons (Fsp3) is 0.714. The van der Waals surface area contributed by atoms with E-state index in [4.69, 9.17) is 4.74 Å². The summed E-state index contributed by atoms with van der Waals surface area (Å²) in [6, 6.07) is 2.05. The second-order valence-corrected chi connectivity index (χ2v) is 5.59. The molecule has 0 spiro atoms. The van der Waals surface area contributed by atoms with Crippen molar-refractivity contribution in [2.45, 2.75) is 45.1 Å². The molecular formula is C14H20N2O2. The molecule has 18 heavy (non-hydrogen) atoms. The van der Waals surface area contributed by atoms with Crippen molar-refractivity contribution in [2.24, 2.45) is 5.92 Å². The molecule has 98 valence electrons. The number of fused-ring (bicyclic) bond motifs is 1. The van der Waals surface area contributed by atoms with E-state index in [9.17, 15) is 4.79 Å². The normalized spacial score (nSPS) is 24.8. The van der Waals surface area contributed by atoms with Gasteiger partial charge in [-0.2, -0.15) is 5.10 Å². The van der Waals surface area contributed by atoms with Crippen LogP contribution in [0.2, 0.25) is 0 Å². The van der Waals surface area contributed by atoms with Crippen LogP contribution in [-0.2, 0) is 17.6 Å². The maximum absolute atomic E-state index is 12.2. The van der Waals surface area contributed by atoms with Gasteiger partial charge in [0.2, 0.25) is 0 Å². The molecule has 0 aromatic carbocycles. The zero-order chi connectivity index (χ0) is 12.5. The second-order valence-electron chi connectivity index (χ2n) is 5.59. The van der Waals surface area contributed by atoms with Crippen LogP contribution in [0.25, 0.3) is 0 Å². The van der Waals surface area contributed by atoms with Gasteiger partial charge in [-0.25, -0.2) is 4.68 Å². The minimum atomic E-state index is 0.0646. The molecule has 2 aliphatic rings. The van der Waals surface area contributed by atoms with Crippen molar-refractivity contribution in [3.8, 4) is 0 Å². The standard InChI is InChI=1S/C14H20N2O2/c1-10-2-3-13-11(8-10)9-14(17)16(15-13)12-4-6-18-7-5-12/h9-10,12H,2-8H2,1H3. The minimum absolute atomic E-state index is 0.0646. The monoisotopic (exact) mass is 248 g/mol. The maximum atomic E-state index is 12.2. The quantitative estimate of drug-likeness (QED) is 0.760. The summed E-state index contributed by atoms with van der Waals surface area (Å²) in [5, 5.41) is 4.62. The zero-order valence-electron chi connectivity index (χ0n) is 10.9. The van der Waals surface area contributed by atoms with Crippen LogP contribution >= 0.6 is 0 Å². The van der Waals surface area contributed by atoms with E-state index in [1.54, 1.807) is 4.68 Å². The summed E-state index contributed by atoms with van der Waals surface area (Å²) in [7, 11) is 0. The average molecular weight is 248 g/mol. The first-order valence-corrected chi connectivity index (χ1v) is 6.93. The Morgan fingerprint density at radius 1 is 1.33 bits per heavy atom. The lowest BCUT2D eigenvalue weighted by Crippen LogP contribution is -2.33. The Kier molecular flexibility index (Phi) is 3.20. The first kappa shape index (κ1) is 11.9. The van der Waals surface area contributed by atoms with Crippen LogP contribution in [0.3, 0.4) is 0 Å². The van der Waals surface area contributed by atoms with Gasteiger partial charge in [0.15, 0.2) is 0 Å². The summed E-state index contributed by atoms with van der Waals surface area (Å²) >= 11 is 0. The largest absolute Gasteiger partial charge is 0.381 e. The predicted octanol–water partition coefficient (Wildman–Crippen LogP) is 1.72. The molecule has 3 rings (SSSR count). The maximum Gasteiger partial charge on any atom is 0.267 e. The van der Waals surface area contributed by atoms with Crippen LogP contribution in [0.15, 0.2) is 10.9 Å². The van der Waals surface area contributed by atoms with Gasteiger partial charge in [0.25, 0.3) is 5.56 Å². The lowest BCUT2D eigenvalue weighted by atomic mass is 9.88. The van der Waals surface area contributed by atoms with E-state index in [1.165, 1.54) is 12.0 Å². The third-order valence-electron chi connectivity index (χ3n) is 4.10. The molecule has 1 aliphatic carbocycles. The number of ether oxygens (including phenoxy) is 1. The third-order valence-corrected chi connectivity index (χ3v) is 4.10. The Morgan fingerprint density at radius 3 is 2.89 bits per heavy atom. The highest BCUT2D eigenvalue weighted by molar-refractivity contribution is 5.21. The zero-order valence-corrected chi connectivity index (χ0v) is 10.9. The molecule has 1 unspecified atom stereocenters. The van der Waals surface area contributed by atoms with E-state index < -0.39 is 0 Å². The van der Waals surface area contributed by atoms with Gasteiger partial charge in [0.05, 0.1) is 11.7 Å². The summed E-state index contributed by atoms with van der Waals surface area (Å²) in [6.07, 6.45) is 5.02. The van der Waals surface area contributed by atoms with E-state index in [0.717, 1.165) is 44.6 Å². The predicted molar refractivity (Wildman–Crippen MR) is 68.8 cm³/mol. The molecule has 0 N–H and O–H groups in total. The van der Waals surface area contributed by atoms with Gasteiger partial charge < -0.3 is 4.74 Å². The van der Waals surface area contributed by atoms with E-state index in [0.29, 0.717) is 5.92 Å². The summed E-state index contributed by atoms with van der Waals surface area (Å²) in [4.78, 5) is 12.2. The van der Waals surface area contributed by atoms with E-state index >= 15 is 0 Å². The van der Waals surface area contributed by atoms with Crippen molar-refractivity contribution in [1.82, 2.24) is 9.78 Å². The van der Waals surface area contributed by atoms with Crippen molar-refractivity contribution in [1.29, 1.82) is 0 Å². The molecule has 0 amide bonds. The van der Waals surface area contributed by atoms with E-state index in [2.05, 4.69) is 12.0 Å². The molecule has 0 saturated carbocycles. The van der Waals surface area contributed by atoms with Crippen LogP contribution in [0.4, 0.5) is 0 Å². The van der Waals surface area contributed by atoms with Gasteiger partial charge in [-0.3, -0.25) is 4.79 Å². The number of hydrogen-bond acceptors (Lipinski definition) is 3. The molecule has 1 fully saturated rings. The molecule has 1 atom stereocenters. The molecule has 0 bridgehead atoms. The van der Waals surface area contributed by atoms with Crippen molar-refractivity contribution >= 4 is 0 Å². The van der Waals surface area contributed by atoms with Crippen molar-refractivity contribution in [3.05, 3.63) is 27.7 Å². The van der Waals surface area contributed by atoms with E-state index in [1.807, 2.05) is 6.07 Å². The van der Waals surface area contributed by atoms with Gasteiger partial charge in [0, 0.05) is 19.3 Å². The number of aromatic nitrogens is 2. The Labute approximate surface area is 107 Å². The SMILES string of the molecule is CC1CCc2nn(C3CCOCC3)c(=O)cc2C1. The summed E-state index contributed by atoms with van der Waals surface area (Å²) in [5.74, 6) is 0.678. The molecule has 1 aromatic heterocycles. The van der Waals surface area contributed by atoms with Crippen LogP contribution in [0.5, 0.6) is 0 Å². The van der Waals surface area contributed by atoms with Gasteiger partial charge in [-0.15, -0.1) is 0 Å². The van der Waals surface area contributed by atoms with Crippen LogP contribution in [0, 0.1) is 5.92 Å². The van der Waals surface area contributed by atoms with Crippen LogP contribution < -0.4 is 5.56 Å². The topological polar surface area (TPSA) is 44.1 Å². The smallest absolute Gasteiger partial charge is 0.267 e. The van der Waals surface area contributed by atoms with Gasteiger partial charge in [0.1, 0.15) is 0 Å². The fourth-order valence-electron chi connectivity index (χ4n) is 2.98. The first-order chi connectivity index (χ1) is 8.74. The Morgan fingerprint density at radius 2 is 2.11 bits per heavy atom. The molecule has 1 aromatic rings. The van der Waals surface area contributed by atoms with Crippen molar-refractivity contribution in [3.63, 3.8) is 0 Å². The second kappa shape index (κ2) is 4.84. The Bertz CT molecular complexity index is 489. The lowest BCUT2D eigenvalue weighted by Gasteiger charge is -2.26. The summed E-state index contributed by atoms with van der Waals surface area (Å²) in [6.45, 7) is 3.73. The summed E-state index contributed by atoms with van der Waals surface area (Å²) < 4.78 is 7.05. The highest BCUT2D eigenvalue weighted by Gasteiger charge is 2.22. The molecule has 4 nitrogen and oxygen atoms in total. The molecule has 0 radical (unpaired) electrons. The average Bonchev–Trinajstić information content (AvgIpc) is 2.39. The summed E-state index contributed by atoms with van der Waals surface area (Å²) in [5.41, 5.74) is 2.37. The lowest BCUT2D eigenvalue weighted by molar-refractivity contribution is 0.0645. The van der Waals surface area contributed by atoms with Crippen molar-refractivity contribution < 1.29 is 4.74 Å². The highest BCUT2D eigenvalue weighted by atomic mass is 16.5. The van der Waals surface area contributed by atoms with Crippen LogP contribution in [-0.4, -0.2) is 23.0 Å². The molecule has 2 heterocycles. The molecule has 4 heteroatoms. The number of nitrogens with zero attached hydrogens (tertiary/aromatic N) is 2. The van der Waals surface area contributed by atoms with Gasteiger partial charge in [-0.1, -0.05) is 6.92 Å². The Balaban J connectivity index is 1.93. The first-order valence-electron chi connectivity index (χ1n) is 6.93. The van der Waals surface area contributed by atoms with Gasteiger partial charge in [-0.05, 0) is 43.6 Å².